The van der Waals surface area contributed by atoms with Crippen molar-refractivity contribution in [2.75, 3.05) is 14.2 Å². The van der Waals surface area contributed by atoms with Crippen LogP contribution in [0.2, 0.25) is 0 Å². The van der Waals surface area contributed by atoms with Gasteiger partial charge in [0, 0.05) is 26.4 Å². The summed E-state index contributed by atoms with van der Waals surface area (Å²) in [5, 5.41) is 0. The number of aromatic nitrogens is 2. The summed E-state index contributed by atoms with van der Waals surface area (Å²) in [6, 6.07) is 4.21. The van der Waals surface area contributed by atoms with E-state index in [0.717, 1.165) is 6.20 Å². The number of halogens is 1. The van der Waals surface area contributed by atoms with E-state index >= 15 is 0 Å². The van der Waals surface area contributed by atoms with Crippen LogP contribution in [0.15, 0.2) is 29.2 Å². The van der Waals surface area contributed by atoms with Crippen LogP contribution in [0.25, 0.3) is 11.0 Å². The smallest absolute Gasteiger partial charge is 0.251 e. The molecule has 0 aliphatic carbocycles. The van der Waals surface area contributed by atoms with Gasteiger partial charge in [-0.3, -0.25) is 9.78 Å². The van der Waals surface area contributed by atoms with E-state index in [2.05, 4.69) is 4.98 Å². The molecule has 96 valence electrons. The fourth-order valence-corrected chi connectivity index (χ4v) is 1.73. The molecule has 0 bridgehead atoms. The number of rotatable bonds is 4. The molecule has 0 aliphatic rings. The van der Waals surface area contributed by atoms with Gasteiger partial charge < -0.3 is 14.0 Å². The summed E-state index contributed by atoms with van der Waals surface area (Å²) < 4.78 is 24.7. The van der Waals surface area contributed by atoms with Crippen LogP contribution in [-0.4, -0.2) is 30.1 Å². The van der Waals surface area contributed by atoms with Crippen LogP contribution in [0.4, 0.5) is 4.39 Å². The standard InChI is InChI=1S/C12H13FN2O3/c1-17-12(18-2)7-15-10-5-8(13)6-14-9(10)3-4-11(15)16/h3-6,12H,7H2,1-2H3. The van der Waals surface area contributed by atoms with Gasteiger partial charge in [-0.2, -0.15) is 0 Å². The fourth-order valence-electron chi connectivity index (χ4n) is 1.73. The predicted octanol–water partition coefficient (Wildman–Crippen LogP) is 1.15. The molecule has 0 N–H and O–H groups in total. The number of ether oxygens (including phenoxy) is 2. The first-order chi connectivity index (χ1) is 8.65. The Balaban J connectivity index is 2.56. The molecule has 0 saturated heterocycles. The number of pyridine rings is 2. The molecule has 0 fully saturated rings. The van der Waals surface area contributed by atoms with Gasteiger partial charge in [-0.05, 0) is 6.07 Å². The molecule has 0 atom stereocenters. The van der Waals surface area contributed by atoms with Crippen LogP contribution in [0.5, 0.6) is 0 Å². The lowest BCUT2D eigenvalue weighted by molar-refractivity contribution is -0.110. The van der Waals surface area contributed by atoms with Crippen LogP contribution in [0, 0.1) is 5.82 Å². The Morgan fingerprint density at radius 1 is 1.39 bits per heavy atom. The lowest BCUT2D eigenvalue weighted by Gasteiger charge is -2.16. The van der Waals surface area contributed by atoms with E-state index in [1.165, 1.54) is 30.9 Å². The summed E-state index contributed by atoms with van der Waals surface area (Å²) in [6.45, 7) is 0.175. The van der Waals surface area contributed by atoms with E-state index in [0.29, 0.717) is 11.0 Å². The fraction of sp³-hybridized carbons (Fsp3) is 0.333. The summed E-state index contributed by atoms with van der Waals surface area (Å²) >= 11 is 0. The highest BCUT2D eigenvalue weighted by Crippen LogP contribution is 2.11. The van der Waals surface area contributed by atoms with Crippen LogP contribution in [0.3, 0.4) is 0 Å². The molecular formula is C12H13FN2O3. The minimum absolute atomic E-state index is 0.175. The zero-order valence-corrected chi connectivity index (χ0v) is 10.1. The van der Waals surface area contributed by atoms with E-state index in [1.54, 1.807) is 6.07 Å². The molecule has 0 radical (unpaired) electrons. The normalized spacial score (nSPS) is 11.3. The van der Waals surface area contributed by atoms with Crippen LogP contribution >= 0.6 is 0 Å². The summed E-state index contributed by atoms with van der Waals surface area (Å²) in [5.41, 5.74) is 0.706. The third kappa shape index (κ3) is 2.39. The molecule has 0 saturated carbocycles. The molecule has 0 unspecified atom stereocenters. The molecule has 6 heteroatoms. The first kappa shape index (κ1) is 12.7. The summed E-state index contributed by atoms with van der Waals surface area (Å²) in [5.74, 6) is -0.492. The van der Waals surface area contributed by atoms with Crippen molar-refractivity contribution in [1.82, 2.24) is 9.55 Å². The minimum Gasteiger partial charge on any atom is -0.354 e. The second-order valence-corrected chi connectivity index (χ2v) is 3.74. The van der Waals surface area contributed by atoms with Crippen LogP contribution in [-0.2, 0) is 16.0 Å². The zero-order chi connectivity index (χ0) is 13.1. The first-order valence-corrected chi connectivity index (χ1v) is 5.36. The maximum absolute atomic E-state index is 13.2. The topological polar surface area (TPSA) is 53.4 Å². The van der Waals surface area contributed by atoms with Crippen molar-refractivity contribution < 1.29 is 13.9 Å². The molecule has 18 heavy (non-hydrogen) atoms. The molecule has 2 rings (SSSR count). The lowest BCUT2D eigenvalue weighted by atomic mass is 10.3. The number of fused-ring (bicyclic) bond motifs is 1. The molecule has 0 aliphatic heterocycles. The SMILES string of the molecule is COC(Cn1c(=O)ccc2ncc(F)cc21)OC. The highest BCUT2D eigenvalue weighted by Gasteiger charge is 2.11. The quantitative estimate of drug-likeness (QED) is 0.766. The van der Waals surface area contributed by atoms with E-state index in [1.807, 2.05) is 0 Å². The summed E-state index contributed by atoms with van der Waals surface area (Å²) in [4.78, 5) is 15.7. The molecule has 0 amide bonds. The molecular weight excluding hydrogens is 239 g/mol. The molecule has 2 heterocycles. The van der Waals surface area contributed by atoms with Crippen molar-refractivity contribution in [2.45, 2.75) is 12.8 Å². The van der Waals surface area contributed by atoms with Crippen molar-refractivity contribution >= 4 is 11.0 Å². The van der Waals surface area contributed by atoms with Crippen LogP contribution in [0.1, 0.15) is 0 Å². The molecule has 0 aromatic carbocycles. The largest absolute Gasteiger partial charge is 0.354 e. The minimum atomic E-state index is -0.573. The Labute approximate surface area is 103 Å². The van der Waals surface area contributed by atoms with Crippen molar-refractivity contribution in [3.63, 3.8) is 0 Å². The maximum atomic E-state index is 13.2. The van der Waals surface area contributed by atoms with Gasteiger partial charge in [-0.15, -0.1) is 0 Å². The van der Waals surface area contributed by atoms with Crippen molar-refractivity contribution in [3.8, 4) is 0 Å². The lowest BCUT2D eigenvalue weighted by Crippen LogP contribution is -2.28. The average Bonchev–Trinajstić information content (AvgIpc) is 2.38. The number of hydrogen-bond acceptors (Lipinski definition) is 4. The van der Waals surface area contributed by atoms with E-state index in [-0.39, 0.29) is 12.1 Å². The third-order valence-corrected chi connectivity index (χ3v) is 2.66. The van der Waals surface area contributed by atoms with E-state index in [9.17, 15) is 9.18 Å². The number of nitrogens with zero attached hydrogens (tertiary/aromatic N) is 2. The number of hydrogen-bond donors (Lipinski definition) is 0. The van der Waals surface area contributed by atoms with Gasteiger partial charge in [0.05, 0.1) is 23.8 Å². The molecule has 0 spiro atoms. The summed E-state index contributed by atoms with van der Waals surface area (Å²) in [6.07, 6.45) is 0.540. The van der Waals surface area contributed by atoms with E-state index < -0.39 is 12.1 Å². The van der Waals surface area contributed by atoms with Gasteiger partial charge in [0.15, 0.2) is 6.29 Å². The van der Waals surface area contributed by atoms with Gasteiger partial charge in [-0.1, -0.05) is 0 Å². The van der Waals surface area contributed by atoms with Gasteiger partial charge in [-0.25, -0.2) is 4.39 Å². The third-order valence-electron chi connectivity index (χ3n) is 2.66. The van der Waals surface area contributed by atoms with Crippen molar-refractivity contribution in [1.29, 1.82) is 0 Å². The Morgan fingerprint density at radius 3 is 2.78 bits per heavy atom. The highest BCUT2D eigenvalue weighted by atomic mass is 19.1. The number of methoxy groups -OCH3 is 2. The highest BCUT2D eigenvalue weighted by molar-refractivity contribution is 5.74. The second-order valence-electron chi connectivity index (χ2n) is 3.74. The maximum Gasteiger partial charge on any atom is 0.251 e. The monoisotopic (exact) mass is 252 g/mol. The molecule has 5 nitrogen and oxygen atoms in total. The van der Waals surface area contributed by atoms with Crippen LogP contribution < -0.4 is 5.56 Å². The Kier molecular flexibility index (Phi) is 3.69. The Morgan fingerprint density at radius 2 is 2.11 bits per heavy atom. The predicted molar refractivity (Wildman–Crippen MR) is 63.8 cm³/mol. The summed E-state index contributed by atoms with van der Waals surface area (Å²) in [7, 11) is 2.95. The van der Waals surface area contributed by atoms with Gasteiger partial charge in [0.2, 0.25) is 0 Å². The Hall–Kier alpha value is -1.79. The zero-order valence-electron chi connectivity index (χ0n) is 10.1. The second kappa shape index (κ2) is 5.24. The average molecular weight is 252 g/mol. The molecule has 2 aromatic rings. The van der Waals surface area contributed by atoms with Gasteiger partial charge in [0.1, 0.15) is 5.82 Å². The van der Waals surface area contributed by atoms with Gasteiger partial charge in [0.25, 0.3) is 5.56 Å². The van der Waals surface area contributed by atoms with Crippen molar-refractivity contribution in [2.24, 2.45) is 0 Å². The van der Waals surface area contributed by atoms with Crippen molar-refractivity contribution in [3.05, 3.63) is 40.6 Å². The first-order valence-electron chi connectivity index (χ1n) is 5.36. The van der Waals surface area contributed by atoms with E-state index in [4.69, 9.17) is 9.47 Å². The van der Waals surface area contributed by atoms with Gasteiger partial charge >= 0.3 is 0 Å². The Bertz CT molecular complexity index is 608. The molecule has 2 aromatic heterocycles.